The van der Waals surface area contributed by atoms with Gasteiger partial charge in [0.15, 0.2) is 0 Å². The van der Waals surface area contributed by atoms with Crippen molar-refractivity contribution in [3.63, 3.8) is 0 Å². The van der Waals surface area contributed by atoms with Gasteiger partial charge in [-0.05, 0) is 34.9 Å². The van der Waals surface area contributed by atoms with Crippen LogP contribution in [-0.4, -0.2) is 6.36 Å². The second kappa shape index (κ2) is 5.83. The van der Waals surface area contributed by atoms with Crippen LogP contribution in [0.15, 0.2) is 42.5 Å². The Morgan fingerprint density at radius 3 is 2.30 bits per heavy atom. The third kappa shape index (κ3) is 3.72. The van der Waals surface area contributed by atoms with Crippen LogP contribution in [0.3, 0.4) is 0 Å². The summed E-state index contributed by atoms with van der Waals surface area (Å²) >= 11 is 3.15. The Hall–Kier alpha value is -1.56. The summed E-state index contributed by atoms with van der Waals surface area (Å²) in [6.07, 6.45) is -4.75. The number of hydrogen-bond acceptors (Lipinski definition) is 1. The Balaban J connectivity index is 2.33. The number of ether oxygens (including phenoxy) is 1. The quantitative estimate of drug-likeness (QED) is 0.541. The third-order valence-corrected chi connectivity index (χ3v) is 3.20. The Bertz CT molecular complexity index is 610. The van der Waals surface area contributed by atoms with Gasteiger partial charge in [-0.15, -0.1) is 13.2 Å². The van der Waals surface area contributed by atoms with Crippen molar-refractivity contribution in [2.24, 2.45) is 0 Å². The van der Waals surface area contributed by atoms with Gasteiger partial charge in [0.1, 0.15) is 11.6 Å². The van der Waals surface area contributed by atoms with Crippen LogP contribution in [0.5, 0.6) is 5.75 Å². The molecule has 0 fully saturated rings. The fourth-order valence-corrected chi connectivity index (χ4v) is 2.16. The van der Waals surface area contributed by atoms with Gasteiger partial charge in [-0.25, -0.2) is 4.39 Å². The lowest BCUT2D eigenvalue weighted by Gasteiger charge is -2.10. The molecule has 0 spiro atoms. The van der Waals surface area contributed by atoms with E-state index in [0.717, 1.165) is 0 Å². The van der Waals surface area contributed by atoms with Crippen LogP contribution < -0.4 is 4.74 Å². The van der Waals surface area contributed by atoms with Crippen LogP contribution in [0.2, 0.25) is 0 Å². The van der Waals surface area contributed by atoms with Gasteiger partial charge in [0.2, 0.25) is 0 Å². The van der Waals surface area contributed by atoms with Crippen molar-refractivity contribution in [2.45, 2.75) is 11.7 Å². The molecule has 0 saturated carbocycles. The summed E-state index contributed by atoms with van der Waals surface area (Å²) < 4.78 is 54.0. The lowest BCUT2D eigenvalue weighted by molar-refractivity contribution is -0.274. The molecule has 0 atom stereocenters. The molecule has 2 aromatic rings. The van der Waals surface area contributed by atoms with Gasteiger partial charge < -0.3 is 4.74 Å². The minimum atomic E-state index is -4.75. The zero-order valence-electron chi connectivity index (χ0n) is 10.0. The number of hydrogen-bond donors (Lipinski definition) is 0. The first-order valence-corrected chi connectivity index (χ1v) is 6.72. The van der Waals surface area contributed by atoms with Gasteiger partial charge in [-0.2, -0.15) is 0 Å². The summed E-state index contributed by atoms with van der Waals surface area (Å²) in [6, 6.07) is 9.93. The SMILES string of the molecule is Fc1cc(-c2cccc(OC(F)(F)F)c2)ccc1CBr. The lowest BCUT2D eigenvalue weighted by Crippen LogP contribution is -2.17. The van der Waals surface area contributed by atoms with Gasteiger partial charge in [0, 0.05) is 5.33 Å². The van der Waals surface area contributed by atoms with E-state index >= 15 is 0 Å². The molecule has 0 N–H and O–H groups in total. The number of halogens is 5. The predicted molar refractivity (Wildman–Crippen MR) is 71.2 cm³/mol. The highest BCUT2D eigenvalue weighted by Gasteiger charge is 2.31. The predicted octanol–water partition coefficient (Wildman–Crippen LogP) is 5.29. The smallest absolute Gasteiger partial charge is 0.406 e. The van der Waals surface area contributed by atoms with Crippen molar-refractivity contribution in [1.29, 1.82) is 0 Å². The molecule has 0 bridgehead atoms. The van der Waals surface area contributed by atoms with E-state index in [2.05, 4.69) is 20.7 Å². The molecule has 0 aliphatic rings. The summed E-state index contributed by atoms with van der Waals surface area (Å²) in [4.78, 5) is 0. The van der Waals surface area contributed by atoms with E-state index in [1.54, 1.807) is 18.2 Å². The lowest BCUT2D eigenvalue weighted by atomic mass is 10.0. The highest BCUT2D eigenvalue weighted by molar-refractivity contribution is 9.08. The summed E-state index contributed by atoms with van der Waals surface area (Å²) in [5.74, 6) is -0.749. The Morgan fingerprint density at radius 1 is 1.00 bits per heavy atom. The van der Waals surface area contributed by atoms with Gasteiger partial charge in [-0.1, -0.05) is 40.2 Å². The fourth-order valence-electron chi connectivity index (χ4n) is 1.71. The molecule has 20 heavy (non-hydrogen) atoms. The Morgan fingerprint density at radius 2 is 1.70 bits per heavy atom. The highest BCUT2D eigenvalue weighted by Crippen LogP contribution is 2.29. The Labute approximate surface area is 121 Å². The number of rotatable bonds is 3. The van der Waals surface area contributed by atoms with E-state index in [1.807, 2.05) is 0 Å². The maximum Gasteiger partial charge on any atom is 0.573 e. The molecule has 0 heterocycles. The van der Waals surface area contributed by atoms with E-state index in [0.29, 0.717) is 22.0 Å². The maximum atomic E-state index is 13.7. The van der Waals surface area contributed by atoms with Gasteiger partial charge >= 0.3 is 6.36 Å². The summed E-state index contributed by atoms with van der Waals surface area (Å²) in [5, 5.41) is 0.371. The first kappa shape index (κ1) is 14.8. The monoisotopic (exact) mass is 348 g/mol. The van der Waals surface area contributed by atoms with E-state index in [9.17, 15) is 17.6 Å². The van der Waals surface area contributed by atoms with Crippen LogP contribution in [0.1, 0.15) is 5.56 Å². The van der Waals surface area contributed by atoms with Gasteiger partial charge in [0.25, 0.3) is 0 Å². The van der Waals surface area contributed by atoms with Gasteiger partial charge in [0.05, 0.1) is 0 Å². The van der Waals surface area contributed by atoms with E-state index in [4.69, 9.17) is 0 Å². The largest absolute Gasteiger partial charge is 0.573 e. The molecule has 106 valence electrons. The molecular formula is C14H9BrF4O. The van der Waals surface area contributed by atoms with Crippen LogP contribution in [0.4, 0.5) is 17.6 Å². The molecule has 0 aromatic heterocycles. The number of benzene rings is 2. The minimum absolute atomic E-state index is 0.333. The zero-order chi connectivity index (χ0) is 14.8. The summed E-state index contributed by atoms with van der Waals surface area (Å²) in [5.41, 5.74) is 1.42. The first-order valence-electron chi connectivity index (χ1n) is 5.59. The molecule has 0 aliphatic heterocycles. The average molecular weight is 349 g/mol. The molecule has 0 amide bonds. The van der Waals surface area contributed by atoms with Gasteiger partial charge in [-0.3, -0.25) is 0 Å². The zero-order valence-corrected chi connectivity index (χ0v) is 11.6. The molecule has 6 heteroatoms. The summed E-state index contributed by atoms with van der Waals surface area (Å²) in [7, 11) is 0. The third-order valence-electron chi connectivity index (χ3n) is 2.60. The fraction of sp³-hybridized carbons (Fsp3) is 0.143. The molecule has 0 radical (unpaired) electrons. The van der Waals surface area contributed by atoms with E-state index in [1.165, 1.54) is 24.3 Å². The topological polar surface area (TPSA) is 9.23 Å². The van der Waals surface area contributed by atoms with Crippen molar-refractivity contribution in [1.82, 2.24) is 0 Å². The van der Waals surface area contributed by atoms with Crippen molar-refractivity contribution >= 4 is 15.9 Å². The molecule has 0 unspecified atom stereocenters. The van der Waals surface area contributed by atoms with Crippen molar-refractivity contribution in [2.75, 3.05) is 0 Å². The van der Waals surface area contributed by atoms with Crippen LogP contribution in [-0.2, 0) is 5.33 Å². The molecule has 2 aromatic carbocycles. The van der Waals surface area contributed by atoms with Crippen molar-refractivity contribution in [3.8, 4) is 16.9 Å². The highest BCUT2D eigenvalue weighted by atomic mass is 79.9. The molecule has 2 rings (SSSR count). The first-order chi connectivity index (χ1) is 9.39. The van der Waals surface area contributed by atoms with E-state index < -0.39 is 12.2 Å². The molecular weight excluding hydrogens is 340 g/mol. The molecule has 1 nitrogen and oxygen atoms in total. The van der Waals surface area contributed by atoms with Crippen molar-refractivity contribution in [3.05, 3.63) is 53.8 Å². The minimum Gasteiger partial charge on any atom is -0.406 e. The van der Waals surface area contributed by atoms with Crippen LogP contribution in [0, 0.1) is 5.82 Å². The molecule has 0 aliphatic carbocycles. The average Bonchev–Trinajstić information content (AvgIpc) is 2.37. The maximum absolute atomic E-state index is 13.7. The van der Waals surface area contributed by atoms with Crippen molar-refractivity contribution < 1.29 is 22.3 Å². The van der Waals surface area contributed by atoms with Crippen LogP contribution in [0.25, 0.3) is 11.1 Å². The molecule has 0 saturated heterocycles. The standard InChI is InChI=1S/C14H9BrF4O/c15-8-11-5-4-10(7-13(11)16)9-2-1-3-12(6-9)20-14(17,18)19/h1-7H,8H2. The van der Waals surface area contributed by atoms with Crippen LogP contribution >= 0.6 is 15.9 Å². The summed E-state index contributed by atoms with van der Waals surface area (Å²) in [6.45, 7) is 0. The van der Waals surface area contributed by atoms with E-state index in [-0.39, 0.29) is 5.75 Å². The Kier molecular flexibility index (Phi) is 4.32. The second-order valence-corrected chi connectivity index (χ2v) is 4.58. The second-order valence-electron chi connectivity index (χ2n) is 4.02. The normalized spacial score (nSPS) is 11.4. The number of alkyl halides is 4.